The van der Waals surface area contributed by atoms with Crippen molar-refractivity contribution in [3.8, 4) is 0 Å². The van der Waals surface area contributed by atoms with Crippen LogP contribution >= 0.6 is 0 Å². The number of benzene rings is 1. The van der Waals surface area contributed by atoms with Crippen molar-refractivity contribution in [1.82, 2.24) is 4.90 Å². The predicted molar refractivity (Wildman–Crippen MR) is 120 cm³/mol. The highest BCUT2D eigenvalue weighted by Gasteiger charge is 2.34. The van der Waals surface area contributed by atoms with Crippen LogP contribution in [0.25, 0.3) is 5.57 Å². The molecule has 27 heavy (non-hydrogen) atoms. The number of aryl methyl sites for hydroxylation is 1. The number of hydrogen-bond acceptors (Lipinski definition) is 2. The molecule has 150 valence electrons. The molecule has 1 aromatic rings. The Morgan fingerprint density at radius 1 is 1.00 bits per heavy atom. The van der Waals surface area contributed by atoms with Crippen molar-refractivity contribution in [1.29, 1.82) is 0 Å². The third-order valence-corrected chi connectivity index (χ3v) is 6.27. The van der Waals surface area contributed by atoms with Gasteiger partial charge in [-0.05, 0) is 54.7 Å². The quantitative estimate of drug-likeness (QED) is 0.615. The Kier molecular flexibility index (Phi) is 6.05. The van der Waals surface area contributed by atoms with Crippen molar-refractivity contribution in [3.63, 3.8) is 0 Å². The lowest BCUT2D eigenvalue weighted by molar-refractivity contribution is 0.228. The van der Waals surface area contributed by atoms with Gasteiger partial charge < -0.3 is 4.90 Å². The molecule has 2 aliphatic rings. The van der Waals surface area contributed by atoms with E-state index >= 15 is 0 Å². The normalized spacial score (nSPS) is 22.6. The minimum absolute atomic E-state index is 0.275. The Morgan fingerprint density at radius 3 is 2.33 bits per heavy atom. The van der Waals surface area contributed by atoms with Gasteiger partial charge in [-0.3, -0.25) is 4.90 Å². The van der Waals surface area contributed by atoms with Crippen LogP contribution in [-0.4, -0.2) is 37.6 Å². The zero-order valence-electron chi connectivity index (χ0n) is 18.6. The van der Waals surface area contributed by atoms with Crippen molar-refractivity contribution >= 4 is 11.3 Å². The molecule has 1 aliphatic carbocycles. The van der Waals surface area contributed by atoms with E-state index in [0.717, 1.165) is 13.1 Å². The largest absolute Gasteiger partial charge is 0.368 e. The van der Waals surface area contributed by atoms with E-state index in [4.69, 9.17) is 0 Å². The molecular formula is C25H40N2. The lowest BCUT2D eigenvalue weighted by Crippen LogP contribution is -2.47. The minimum Gasteiger partial charge on any atom is -0.368 e. The van der Waals surface area contributed by atoms with Crippen LogP contribution in [-0.2, 0) is 0 Å². The van der Waals surface area contributed by atoms with Crippen LogP contribution in [0.1, 0.15) is 71.4 Å². The maximum Gasteiger partial charge on any atom is 0.0473 e. The molecule has 0 aromatic heterocycles. The second kappa shape index (κ2) is 7.99. The van der Waals surface area contributed by atoms with Crippen LogP contribution < -0.4 is 4.90 Å². The van der Waals surface area contributed by atoms with E-state index in [0.29, 0.717) is 5.41 Å². The molecule has 0 saturated carbocycles. The molecular weight excluding hydrogens is 328 g/mol. The topological polar surface area (TPSA) is 6.48 Å². The number of piperazine rings is 1. The fraction of sp³-hybridized carbons (Fsp3) is 0.680. The second-order valence-corrected chi connectivity index (χ2v) is 10.3. The number of rotatable bonds is 5. The molecule has 1 saturated heterocycles. The second-order valence-electron chi connectivity index (χ2n) is 10.3. The first-order valence-electron chi connectivity index (χ1n) is 11.0. The molecule has 0 amide bonds. The van der Waals surface area contributed by atoms with Crippen LogP contribution in [0.3, 0.4) is 0 Å². The summed E-state index contributed by atoms with van der Waals surface area (Å²) in [6.07, 6.45) is 7.63. The summed E-state index contributed by atoms with van der Waals surface area (Å²) in [7, 11) is 0. The number of unbranched alkanes of at least 4 members (excludes halogenated alkanes) is 1. The third kappa shape index (κ3) is 4.96. The molecule has 1 aromatic carbocycles. The molecule has 1 heterocycles. The first-order chi connectivity index (χ1) is 12.7. The SMILES string of the molecule is CCCCN1CCN(c2c(C)cccc2C2=CC(C)(C)CC(C)(C)C2)CC1. The van der Waals surface area contributed by atoms with Crippen LogP contribution in [0.15, 0.2) is 24.3 Å². The summed E-state index contributed by atoms with van der Waals surface area (Å²) in [5, 5.41) is 0. The average Bonchev–Trinajstić information content (AvgIpc) is 2.57. The smallest absolute Gasteiger partial charge is 0.0473 e. The standard InChI is InChI=1S/C25H40N2/c1-7-8-12-26-13-15-27(16-14-26)23-20(2)10-9-11-22(23)21-17-24(3,4)19-25(5,6)18-21/h9-11,17H,7-8,12-16,18-19H2,1-6H3. The predicted octanol–water partition coefficient (Wildman–Crippen LogP) is 6.15. The fourth-order valence-corrected chi connectivity index (χ4v) is 5.47. The summed E-state index contributed by atoms with van der Waals surface area (Å²) < 4.78 is 0. The van der Waals surface area contributed by atoms with Gasteiger partial charge in [-0.25, -0.2) is 0 Å². The van der Waals surface area contributed by atoms with Gasteiger partial charge >= 0.3 is 0 Å². The van der Waals surface area contributed by atoms with E-state index in [-0.39, 0.29) is 5.41 Å². The van der Waals surface area contributed by atoms with E-state index in [9.17, 15) is 0 Å². The molecule has 0 radical (unpaired) electrons. The number of hydrogen-bond donors (Lipinski definition) is 0. The summed E-state index contributed by atoms with van der Waals surface area (Å²) in [5.74, 6) is 0. The lowest BCUT2D eigenvalue weighted by atomic mass is 9.65. The fourth-order valence-electron chi connectivity index (χ4n) is 5.47. The Morgan fingerprint density at radius 2 is 1.70 bits per heavy atom. The third-order valence-electron chi connectivity index (χ3n) is 6.27. The average molecular weight is 369 g/mol. The Bertz CT molecular complexity index is 676. The molecule has 0 bridgehead atoms. The molecule has 2 nitrogen and oxygen atoms in total. The van der Waals surface area contributed by atoms with Gasteiger partial charge in [-0.1, -0.05) is 65.3 Å². The van der Waals surface area contributed by atoms with Gasteiger partial charge in [0.25, 0.3) is 0 Å². The van der Waals surface area contributed by atoms with Gasteiger partial charge in [0.1, 0.15) is 0 Å². The van der Waals surface area contributed by atoms with E-state index < -0.39 is 0 Å². The van der Waals surface area contributed by atoms with Gasteiger partial charge in [-0.2, -0.15) is 0 Å². The van der Waals surface area contributed by atoms with Gasteiger partial charge in [0.2, 0.25) is 0 Å². The van der Waals surface area contributed by atoms with E-state index in [1.807, 2.05) is 0 Å². The van der Waals surface area contributed by atoms with Crippen molar-refractivity contribution in [2.45, 2.75) is 67.2 Å². The van der Waals surface area contributed by atoms with Crippen LogP contribution in [0.4, 0.5) is 5.69 Å². The highest BCUT2D eigenvalue weighted by Crippen LogP contribution is 2.49. The minimum atomic E-state index is 0.275. The van der Waals surface area contributed by atoms with Gasteiger partial charge in [0.15, 0.2) is 0 Å². The van der Waals surface area contributed by atoms with E-state index in [1.54, 1.807) is 5.57 Å². The first kappa shape index (κ1) is 20.5. The zero-order valence-corrected chi connectivity index (χ0v) is 18.6. The van der Waals surface area contributed by atoms with Crippen molar-refractivity contribution in [2.75, 3.05) is 37.6 Å². The maximum atomic E-state index is 2.66. The van der Waals surface area contributed by atoms with Crippen LogP contribution in [0.2, 0.25) is 0 Å². The number of nitrogens with zero attached hydrogens (tertiary/aromatic N) is 2. The van der Waals surface area contributed by atoms with Crippen LogP contribution in [0.5, 0.6) is 0 Å². The monoisotopic (exact) mass is 368 g/mol. The highest BCUT2D eigenvalue weighted by molar-refractivity contribution is 5.80. The Balaban J connectivity index is 1.87. The molecule has 1 fully saturated rings. The Labute approximate surface area is 167 Å². The summed E-state index contributed by atoms with van der Waals surface area (Å²) in [6, 6.07) is 6.91. The molecule has 3 rings (SSSR count). The van der Waals surface area contributed by atoms with Gasteiger partial charge in [0, 0.05) is 37.4 Å². The van der Waals surface area contributed by atoms with E-state index in [2.05, 4.69) is 75.6 Å². The molecule has 0 atom stereocenters. The van der Waals surface area contributed by atoms with Crippen molar-refractivity contribution in [2.24, 2.45) is 10.8 Å². The Hall–Kier alpha value is -1.28. The highest BCUT2D eigenvalue weighted by atomic mass is 15.3. The molecule has 2 heteroatoms. The molecule has 0 unspecified atom stereocenters. The number of para-hydroxylation sites is 1. The van der Waals surface area contributed by atoms with Gasteiger partial charge in [-0.15, -0.1) is 0 Å². The summed E-state index contributed by atoms with van der Waals surface area (Å²) in [6.45, 7) is 20.2. The van der Waals surface area contributed by atoms with E-state index in [1.165, 1.54) is 62.1 Å². The molecule has 0 spiro atoms. The van der Waals surface area contributed by atoms with Crippen LogP contribution in [0, 0.1) is 17.8 Å². The molecule has 1 aliphatic heterocycles. The van der Waals surface area contributed by atoms with Gasteiger partial charge in [0.05, 0.1) is 0 Å². The number of anilines is 1. The zero-order chi connectivity index (χ0) is 19.7. The van der Waals surface area contributed by atoms with Crippen molar-refractivity contribution < 1.29 is 0 Å². The molecule has 0 N–H and O–H groups in total. The summed E-state index contributed by atoms with van der Waals surface area (Å²) in [4.78, 5) is 5.30. The van der Waals surface area contributed by atoms with Crippen molar-refractivity contribution in [3.05, 3.63) is 35.4 Å². The maximum absolute atomic E-state index is 2.66. The first-order valence-corrected chi connectivity index (χ1v) is 11.0. The summed E-state index contributed by atoms with van der Waals surface area (Å²) >= 11 is 0. The number of allylic oxidation sites excluding steroid dienone is 2. The summed E-state index contributed by atoms with van der Waals surface area (Å²) in [5.41, 5.74) is 6.61. The lowest BCUT2D eigenvalue weighted by Gasteiger charge is -2.42.